The van der Waals surface area contributed by atoms with Crippen molar-refractivity contribution in [2.24, 2.45) is 0 Å². The van der Waals surface area contributed by atoms with E-state index in [1.54, 1.807) is 19.5 Å². The number of likely N-dealkylation sites (tertiary alicyclic amines) is 1. The molecule has 1 amide bonds. The number of rotatable bonds is 5. The SMILES string of the molecule is COCCC(=O)N1CCC(Nc2ncc(Cl)cn2)CC1. The van der Waals surface area contributed by atoms with Crippen molar-refractivity contribution in [3.8, 4) is 0 Å². The molecule has 1 aromatic rings. The maximum Gasteiger partial charge on any atom is 0.224 e. The Hall–Kier alpha value is -1.40. The molecule has 2 rings (SSSR count). The van der Waals surface area contributed by atoms with Gasteiger partial charge in [0, 0.05) is 26.2 Å². The van der Waals surface area contributed by atoms with Crippen molar-refractivity contribution in [3.63, 3.8) is 0 Å². The van der Waals surface area contributed by atoms with Gasteiger partial charge in [-0.2, -0.15) is 0 Å². The van der Waals surface area contributed by atoms with E-state index in [-0.39, 0.29) is 5.91 Å². The molecule has 1 aliphatic heterocycles. The van der Waals surface area contributed by atoms with E-state index < -0.39 is 0 Å². The van der Waals surface area contributed by atoms with Crippen molar-refractivity contribution >= 4 is 23.5 Å². The highest BCUT2D eigenvalue weighted by Crippen LogP contribution is 2.15. The molecule has 1 saturated heterocycles. The fourth-order valence-corrected chi connectivity index (χ4v) is 2.29. The van der Waals surface area contributed by atoms with Gasteiger partial charge in [0.25, 0.3) is 0 Å². The number of carbonyl (C=O) groups excluding carboxylic acids is 1. The summed E-state index contributed by atoms with van der Waals surface area (Å²) >= 11 is 5.74. The van der Waals surface area contributed by atoms with Crippen LogP contribution >= 0.6 is 11.6 Å². The molecular formula is C13H19ClN4O2. The number of nitrogens with zero attached hydrogens (tertiary/aromatic N) is 3. The number of ether oxygens (including phenoxy) is 1. The molecule has 1 aliphatic rings. The topological polar surface area (TPSA) is 67.3 Å². The molecule has 2 heterocycles. The molecule has 0 unspecified atom stereocenters. The summed E-state index contributed by atoms with van der Waals surface area (Å²) < 4.78 is 4.93. The number of aromatic nitrogens is 2. The molecule has 110 valence electrons. The first-order chi connectivity index (χ1) is 9.69. The molecule has 0 spiro atoms. The fourth-order valence-electron chi connectivity index (χ4n) is 2.19. The molecule has 20 heavy (non-hydrogen) atoms. The number of anilines is 1. The van der Waals surface area contributed by atoms with Crippen molar-refractivity contribution in [2.75, 3.05) is 32.1 Å². The van der Waals surface area contributed by atoms with Gasteiger partial charge in [-0.25, -0.2) is 9.97 Å². The zero-order valence-electron chi connectivity index (χ0n) is 11.5. The first kappa shape index (κ1) is 15.0. The monoisotopic (exact) mass is 298 g/mol. The van der Waals surface area contributed by atoms with Crippen LogP contribution in [0.25, 0.3) is 0 Å². The summed E-state index contributed by atoms with van der Waals surface area (Å²) in [6.45, 7) is 2.00. The number of hydrogen-bond acceptors (Lipinski definition) is 5. The van der Waals surface area contributed by atoms with Gasteiger partial charge in [-0.05, 0) is 12.8 Å². The number of piperidine rings is 1. The maximum atomic E-state index is 11.8. The summed E-state index contributed by atoms with van der Waals surface area (Å²) in [5, 5.41) is 3.79. The predicted molar refractivity (Wildman–Crippen MR) is 76.8 cm³/mol. The summed E-state index contributed by atoms with van der Waals surface area (Å²) in [6, 6.07) is 0.294. The molecule has 6 nitrogen and oxygen atoms in total. The van der Waals surface area contributed by atoms with Crippen LogP contribution in [-0.4, -0.2) is 53.6 Å². The highest BCUT2D eigenvalue weighted by atomic mass is 35.5. The van der Waals surface area contributed by atoms with E-state index in [4.69, 9.17) is 16.3 Å². The Balaban J connectivity index is 1.76. The summed E-state index contributed by atoms with van der Waals surface area (Å²) in [5.41, 5.74) is 0. The van der Waals surface area contributed by atoms with E-state index in [2.05, 4.69) is 15.3 Å². The van der Waals surface area contributed by atoms with Crippen LogP contribution in [0.15, 0.2) is 12.4 Å². The Morgan fingerprint density at radius 1 is 1.45 bits per heavy atom. The molecule has 0 saturated carbocycles. The lowest BCUT2D eigenvalue weighted by Crippen LogP contribution is -2.42. The minimum Gasteiger partial charge on any atom is -0.384 e. The van der Waals surface area contributed by atoms with Crippen LogP contribution in [0.1, 0.15) is 19.3 Å². The van der Waals surface area contributed by atoms with Crippen molar-refractivity contribution in [1.29, 1.82) is 0 Å². The zero-order chi connectivity index (χ0) is 14.4. The van der Waals surface area contributed by atoms with Crippen LogP contribution in [0.2, 0.25) is 5.02 Å². The van der Waals surface area contributed by atoms with Gasteiger partial charge in [0.15, 0.2) is 0 Å². The predicted octanol–water partition coefficient (Wildman–Crippen LogP) is 1.57. The molecule has 0 radical (unpaired) electrons. The minimum absolute atomic E-state index is 0.160. The molecule has 0 aromatic carbocycles. The second kappa shape index (κ2) is 7.40. The lowest BCUT2D eigenvalue weighted by atomic mass is 10.0. The third kappa shape index (κ3) is 4.31. The second-order valence-electron chi connectivity index (χ2n) is 4.77. The zero-order valence-corrected chi connectivity index (χ0v) is 12.3. The molecule has 7 heteroatoms. The summed E-state index contributed by atoms with van der Waals surface area (Å²) in [5.74, 6) is 0.742. The maximum absolute atomic E-state index is 11.8. The lowest BCUT2D eigenvalue weighted by molar-refractivity contribution is -0.133. The Morgan fingerprint density at radius 3 is 2.70 bits per heavy atom. The van der Waals surface area contributed by atoms with Crippen molar-refractivity contribution in [1.82, 2.24) is 14.9 Å². The van der Waals surface area contributed by atoms with E-state index in [1.807, 2.05) is 4.90 Å². The van der Waals surface area contributed by atoms with E-state index in [9.17, 15) is 4.79 Å². The first-order valence-electron chi connectivity index (χ1n) is 6.70. The van der Waals surface area contributed by atoms with Crippen molar-refractivity contribution < 1.29 is 9.53 Å². The summed E-state index contributed by atoms with van der Waals surface area (Å²) in [4.78, 5) is 22.0. The van der Waals surface area contributed by atoms with Gasteiger partial charge < -0.3 is 15.0 Å². The van der Waals surface area contributed by atoms with Gasteiger partial charge in [-0.1, -0.05) is 11.6 Å². The molecular weight excluding hydrogens is 280 g/mol. The molecule has 1 fully saturated rings. The highest BCUT2D eigenvalue weighted by Gasteiger charge is 2.22. The normalized spacial score (nSPS) is 16.2. The summed E-state index contributed by atoms with van der Waals surface area (Å²) in [6.07, 6.45) is 5.38. The van der Waals surface area contributed by atoms with Crippen LogP contribution in [0.4, 0.5) is 5.95 Å². The second-order valence-corrected chi connectivity index (χ2v) is 5.20. The van der Waals surface area contributed by atoms with Crippen LogP contribution in [0.5, 0.6) is 0 Å². The van der Waals surface area contributed by atoms with E-state index in [0.29, 0.717) is 30.0 Å². The number of hydrogen-bond donors (Lipinski definition) is 1. The van der Waals surface area contributed by atoms with Gasteiger partial charge in [-0.3, -0.25) is 4.79 Å². The van der Waals surface area contributed by atoms with E-state index in [1.165, 1.54) is 0 Å². The summed E-state index contributed by atoms with van der Waals surface area (Å²) in [7, 11) is 1.61. The van der Waals surface area contributed by atoms with Crippen LogP contribution in [0, 0.1) is 0 Å². The highest BCUT2D eigenvalue weighted by molar-refractivity contribution is 6.30. The molecule has 1 aromatic heterocycles. The molecule has 1 N–H and O–H groups in total. The van der Waals surface area contributed by atoms with E-state index >= 15 is 0 Å². The Kier molecular flexibility index (Phi) is 5.55. The standard InChI is InChI=1S/C13H19ClN4O2/c1-20-7-4-12(19)18-5-2-11(3-6-18)17-13-15-8-10(14)9-16-13/h8-9,11H,2-7H2,1H3,(H,15,16,17). The molecule has 0 atom stereocenters. The van der Waals surface area contributed by atoms with Gasteiger partial charge in [0.05, 0.1) is 30.4 Å². The van der Waals surface area contributed by atoms with E-state index in [0.717, 1.165) is 25.9 Å². The smallest absolute Gasteiger partial charge is 0.224 e. The van der Waals surface area contributed by atoms with Crippen LogP contribution in [-0.2, 0) is 9.53 Å². The lowest BCUT2D eigenvalue weighted by Gasteiger charge is -2.32. The minimum atomic E-state index is 0.160. The number of halogens is 1. The molecule has 0 aliphatic carbocycles. The van der Waals surface area contributed by atoms with Gasteiger partial charge in [0.2, 0.25) is 11.9 Å². The number of carbonyl (C=O) groups is 1. The third-order valence-corrected chi connectivity index (χ3v) is 3.52. The quantitative estimate of drug-likeness (QED) is 0.894. The Morgan fingerprint density at radius 2 is 2.10 bits per heavy atom. The number of methoxy groups -OCH3 is 1. The fraction of sp³-hybridized carbons (Fsp3) is 0.615. The van der Waals surface area contributed by atoms with Crippen molar-refractivity contribution in [3.05, 3.63) is 17.4 Å². The third-order valence-electron chi connectivity index (χ3n) is 3.32. The van der Waals surface area contributed by atoms with Crippen LogP contribution < -0.4 is 5.32 Å². The largest absolute Gasteiger partial charge is 0.384 e. The number of amides is 1. The molecule has 0 bridgehead atoms. The van der Waals surface area contributed by atoms with Crippen LogP contribution in [0.3, 0.4) is 0 Å². The van der Waals surface area contributed by atoms with Gasteiger partial charge in [0.1, 0.15) is 0 Å². The van der Waals surface area contributed by atoms with Gasteiger partial charge >= 0.3 is 0 Å². The van der Waals surface area contributed by atoms with Crippen molar-refractivity contribution in [2.45, 2.75) is 25.3 Å². The average molecular weight is 299 g/mol. The Labute approximate surface area is 123 Å². The average Bonchev–Trinajstić information content (AvgIpc) is 2.48. The van der Waals surface area contributed by atoms with Gasteiger partial charge in [-0.15, -0.1) is 0 Å². The first-order valence-corrected chi connectivity index (χ1v) is 7.07. The number of nitrogens with one attached hydrogen (secondary N) is 1. The Bertz CT molecular complexity index is 433.